The van der Waals surface area contributed by atoms with Gasteiger partial charge in [-0.25, -0.2) is 0 Å². The summed E-state index contributed by atoms with van der Waals surface area (Å²) in [6.45, 7) is 9.32. The van der Waals surface area contributed by atoms with E-state index < -0.39 is 5.60 Å². The second-order valence-corrected chi connectivity index (χ2v) is 8.18. The van der Waals surface area contributed by atoms with E-state index in [0.29, 0.717) is 25.6 Å². The van der Waals surface area contributed by atoms with E-state index in [4.69, 9.17) is 9.47 Å². The smallest absolute Gasteiger partial charge is 0.191 e. The van der Waals surface area contributed by atoms with Crippen molar-refractivity contribution < 1.29 is 14.6 Å². The van der Waals surface area contributed by atoms with Gasteiger partial charge in [-0.2, -0.15) is 0 Å². The number of benzene rings is 1. The highest BCUT2D eigenvalue weighted by Crippen LogP contribution is 2.27. The summed E-state index contributed by atoms with van der Waals surface area (Å²) in [5.74, 6) is 1.56. The van der Waals surface area contributed by atoms with Crippen LogP contribution in [0.5, 0.6) is 5.75 Å². The first-order valence-corrected chi connectivity index (χ1v) is 10.7. The lowest BCUT2D eigenvalue weighted by Gasteiger charge is -2.33. The van der Waals surface area contributed by atoms with Crippen molar-refractivity contribution in [1.29, 1.82) is 0 Å². The number of hydrogen-bond donors (Lipinski definition) is 3. The third-order valence-electron chi connectivity index (χ3n) is 5.17. The molecular weight excluding hydrogens is 509 g/mol. The van der Waals surface area contributed by atoms with Crippen molar-refractivity contribution in [1.82, 2.24) is 20.4 Å². The van der Waals surface area contributed by atoms with Gasteiger partial charge in [0.05, 0.1) is 38.5 Å². The Morgan fingerprint density at radius 1 is 1.29 bits per heavy atom. The molecule has 31 heavy (non-hydrogen) atoms. The Morgan fingerprint density at radius 2 is 1.97 bits per heavy atom. The highest BCUT2D eigenvalue weighted by molar-refractivity contribution is 14.0. The van der Waals surface area contributed by atoms with E-state index >= 15 is 0 Å². The Kier molecular flexibility index (Phi) is 12.7. The van der Waals surface area contributed by atoms with E-state index in [2.05, 4.69) is 45.6 Å². The molecule has 1 aliphatic heterocycles. The SMILES string of the molecule is CCNC(=NCC(C)(O)CN1CCOCC1)NCC(c1ccccc1OC)N(C)C.I. The molecule has 0 bridgehead atoms. The summed E-state index contributed by atoms with van der Waals surface area (Å²) >= 11 is 0. The highest BCUT2D eigenvalue weighted by Gasteiger charge is 2.25. The fraction of sp³-hybridized carbons (Fsp3) is 0.682. The molecular formula is C22H40IN5O3. The maximum atomic E-state index is 10.8. The van der Waals surface area contributed by atoms with Gasteiger partial charge in [0, 0.05) is 38.3 Å². The van der Waals surface area contributed by atoms with Crippen LogP contribution in [-0.2, 0) is 4.74 Å². The predicted molar refractivity (Wildman–Crippen MR) is 137 cm³/mol. The number of aliphatic imine (C=N–C) groups is 1. The van der Waals surface area contributed by atoms with E-state index in [0.717, 1.165) is 44.2 Å². The average Bonchev–Trinajstić information content (AvgIpc) is 2.72. The largest absolute Gasteiger partial charge is 0.496 e. The Bertz CT molecular complexity index is 666. The molecule has 1 aliphatic rings. The Labute approximate surface area is 204 Å². The molecule has 1 saturated heterocycles. The number of nitrogens with one attached hydrogen (secondary N) is 2. The molecule has 8 nitrogen and oxygen atoms in total. The number of guanidine groups is 1. The molecule has 0 aromatic heterocycles. The number of nitrogens with zero attached hydrogens (tertiary/aromatic N) is 3. The molecule has 2 rings (SSSR count). The van der Waals surface area contributed by atoms with Crippen molar-refractivity contribution in [2.75, 3.05) is 73.7 Å². The molecule has 2 atom stereocenters. The molecule has 0 spiro atoms. The van der Waals surface area contributed by atoms with Crippen LogP contribution in [0.2, 0.25) is 0 Å². The van der Waals surface area contributed by atoms with E-state index in [9.17, 15) is 5.11 Å². The first kappa shape index (κ1) is 27.9. The van der Waals surface area contributed by atoms with Crippen LogP contribution in [-0.4, -0.2) is 100 Å². The summed E-state index contributed by atoms with van der Waals surface area (Å²) in [4.78, 5) is 9.04. The first-order valence-electron chi connectivity index (χ1n) is 10.7. The van der Waals surface area contributed by atoms with Crippen molar-refractivity contribution in [2.45, 2.75) is 25.5 Å². The van der Waals surface area contributed by atoms with Crippen LogP contribution in [0.3, 0.4) is 0 Å². The number of β-amino-alcohol motifs (C(OH)–C–C–N with tert-alkyl or cyclic N) is 1. The van der Waals surface area contributed by atoms with Gasteiger partial charge in [0.25, 0.3) is 0 Å². The molecule has 0 saturated carbocycles. The number of aliphatic hydroxyl groups is 1. The standard InChI is InChI=1S/C22H39N5O3.HI/c1-6-23-21(25-16-22(2,28)17-27-11-13-30-14-12-27)24-15-19(26(3)4)18-9-7-8-10-20(18)29-5;/h7-10,19,28H,6,11-17H2,1-5H3,(H2,23,24,25);1H. The maximum Gasteiger partial charge on any atom is 0.191 e. The van der Waals surface area contributed by atoms with Gasteiger partial charge in [-0.15, -0.1) is 24.0 Å². The highest BCUT2D eigenvalue weighted by atomic mass is 127. The van der Waals surface area contributed by atoms with Crippen molar-refractivity contribution in [2.24, 2.45) is 4.99 Å². The van der Waals surface area contributed by atoms with Crippen LogP contribution in [0.15, 0.2) is 29.3 Å². The molecule has 0 radical (unpaired) electrons. The molecule has 0 amide bonds. The summed E-state index contributed by atoms with van der Waals surface area (Å²) in [6, 6.07) is 8.18. The monoisotopic (exact) mass is 549 g/mol. The van der Waals surface area contributed by atoms with Crippen LogP contribution in [0.25, 0.3) is 0 Å². The number of likely N-dealkylation sites (N-methyl/N-ethyl adjacent to an activating group) is 1. The van der Waals surface area contributed by atoms with Gasteiger partial charge in [0.15, 0.2) is 5.96 Å². The third kappa shape index (κ3) is 9.48. The van der Waals surface area contributed by atoms with Gasteiger partial charge >= 0.3 is 0 Å². The third-order valence-corrected chi connectivity index (χ3v) is 5.17. The van der Waals surface area contributed by atoms with E-state index in [-0.39, 0.29) is 30.0 Å². The molecule has 1 heterocycles. The minimum absolute atomic E-state index is 0. The van der Waals surface area contributed by atoms with E-state index in [1.54, 1.807) is 7.11 Å². The number of hydrogen-bond acceptors (Lipinski definition) is 6. The van der Waals surface area contributed by atoms with Gasteiger partial charge in [-0.05, 0) is 34.0 Å². The lowest BCUT2D eigenvalue weighted by Crippen LogP contribution is -2.48. The summed E-state index contributed by atoms with van der Waals surface area (Å²) in [5.41, 5.74) is 0.219. The number of para-hydroxylation sites is 1. The van der Waals surface area contributed by atoms with E-state index in [1.165, 1.54) is 0 Å². The molecule has 1 aromatic rings. The van der Waals surface area contributed by atoms with Gasteiger partial charge in [-0.1, -0.05) is 18.2 Å². The number of morpholine rings is 1. The van der Waals surface area contributed by atoms with Crippen LogP contribution < -0.4 is 15.4 Å². The Balaban J connectivity index is 0.00000480. The summed E-state index contributed by atoms with van der Waals surface area (Å²) < 4.78 is 10.9. The normalized spacial score (nSPS) is 18.1. The minimum atomic E-state index is -0.900. The Morgan fingerprint density at radius 3 is 2.58 bits per heavy atom. The van der Waals surface area contributed by atoms with E-state index in [1.807, 2.05) is 32.0 Å². The average molecular weight is 549 g/mol. The zero-order valence-electron chi connectivity index (χ0n) is 19.6. The molecule has 178 valence electrons. The van der Waals surface area contributed by atoms with Crippen molar-refractivity contribution in [3.05, 3.63) is 29.8 Å². The lowest BCUT2D eigenvalue weighted by molar-refractivity contribution is -0.0180. The fourth-order valence-electron chi connectivity index (χ4n) is 3.59. The molecule has 9 heteroatoms. The quantitative estimate of drug-likeness (QED) is 0.232. The number of rotatable bonds is 10. The summed E-state index contributed by atoms with van der Waals surface area (Å²) in [6.07, 6.45) is 0. The van der Waals surface area contributed by atoms with Gasteiger partial charge in [0.1, 0.15) is 5.75 Å². The van der Waals surface area contributed by atoms with Crippen molar-refractivity contribution >= 4 is 29.9 Å². The zero-order chi connectivity index (χ0) is 22.0. The second-order valence-electron chi connectivity index (χ2n) is 8.18. The number of methoxy groups -OCH3 is 1. The fourth-order valence-corrected chi connectivity index (χ4v) is 3.59. The molecule has 1 aromatic carbocycles. The van der Waals surface area contributed by atoms with Crippen molar-refractivity contribution in [3.63, 3.8) is 0 Å². The minimum Gasteiger partial charge on any atom is -0.496 e. The van der Waals surface area contributed by atoms with Crippen molar-refractivity contribution in [3.8, 4) is 5.75 Å². The second kappa shape index (κ2) is 14.1. The maximum absolute atomic E-state index is 10.8. The topological polar surface area (TPSA) is 81.6 Å². The van der Waals surface area contributed by atoms with Crippen LogP contribution >= 0.6 is 24.0 Å². The van der Waals surface area contributed by atoms with Crippen LogP contribution in [0.1, 0.15) is 25.5 Å². The zero-order valence-corrected chi connectivity index (χ0v) is 21.9. The molecule has 0 aliphatic carbocycles. The molecule has 3 N–H and O–H groups in total. The molecule has 2 unspecified atom stereocenters. The first-order chi connectivity index (χ1) is 14.4. The predicted octanol–water partition coefficient (Wildman–Crippen LogP) is 1.55. The molecule has 1 fully saturated rings. The lowest BCUT2D eigenvalue weighted by atomic mass is 10.0. The summed E-state index contributed by atoms with van der Waals surface area (Å²) in [5, 5.41) is 17.5. The van der Waals surface area contributed by atoms with Gasteiger partial charge in [0.2, 0.25) is 0 Å². The number of ether oxygens (including phenoxy) is 2. The summed E-state index contributed by atoms with van der Waals surface area (Å²) in [7, 11) is 5.80. The van der Waals surface area contributed by atoms with Gasteiger partial charge < -0.3 is 30.1 Å². The van der Waals surface area contributed by atoms with Crippen LogP contribution in [0.4, 0.5) is 0 Å². The van der Waals surface area contributed by atoms with Crippen LogP contribution in [0, 0.1) is 0 Å². The van der Waals surface area contributed by atoms with Gasteiger partial charge in [-0.3, -0.25) is 9.89 Å². The Hall–Kier alpha value is -1.14. The number of halogens is 1.